The number of halogens is 2. The normalized spacial score (nSPS) is 11.3. The first kappa shape index (κ1) is 12.0. The highest BCUT2D eigenvalue weighted by atomic mass is 79.9. The Balaban J connectivity index is 2.95. The van der Waals surface area contributed by atoms with Crippen molar-refractivity contribution >= 4 is 39.3 Å². The number of nitrogens with one attached hydrogen (secondary N) is 1. The van der Waals surface area contributed by atoms with Gasteiger partial charge in [-0.25, -0.2) is 10.2 Å². The summed E-state index contributed by atoms with van der Waals surface area (Å²) in [6, 6.07) is 4.68. The molecule has 0 heterocycles. The number of nitrogens with two attached hydrogens (primary N) is 1. The van der Waals surface area contributed by atoms with Crippen molar-refractivity contribution in [1.82, 2.24) is 5.43 Å². The number of nitrogens with zero attached hydrogens (tertiary/aromatic N) is 1. The molecule has 2 amide bonds. The van der Waals surface area contributed by atoms with Crippen LogP contribution in [0.25, 0.3) is 0 Å². The van der Waals surface area contributed by atoms with Gasteiger partial charge in [0.15, 0.2) is 0 Å². The summed E-state index contributed by atoms with van der Waals surface area (Å²) in [4.78, 5) is 10.4. The lowest BCUT2D eigenvalue weighted by Gasteiger charge is -2.04. The lowest BCUT2D eigenvalue weighted by Crippen LogP contribution is -2.25. The maximum atomic E-state index is 10.4. The largest absolute Gasteiger partial charge is 0.350 e. The van der Waals surface area contributed by atoms with E-state index in [-0.39, 0.29) is 0 Å². The number of carbonyl (C=O) groups excluding carboxylic acids is 1. The van der Waals surface area contributed by atoms with Gasteiger partial charge in [-0.1, -0.05) is 33.6 Å². The Hall–Kier alpha value is -1.07. The first-order valence-electron chi connectivity index (χ1n) is 4.06. The van der Waals surface area contributed by atoms with Crippen LogP contribution in [0.5, 0.6) is 0 Å². The minimum absolute atomic E-state index is 0.553. The van der Waals surface area contributed by atoms with Crippen LogP contribution in [0, 0.1) is 0 Å². The fraction of sp³-hybridized carbons (Fsp3) is 0.111. The molecule has 0 unspecified atom stereocenters. The number of hydrogen-bond donors (Lipinski definition) is 2. The lowest BCUT2D eigenvalue weighted by molar-refractivity contribution is 0.249. The maximum Gasteiger partial charge on any atom is 0.332 e. The van der Waals surface area contributed by atoms with Crippen molar-refractivity contribution < 1.29 is 4.79 Å². The number of hydrogen-bond acceptors (Lipinski definition) is 2. The minimum atomic E-state index is -0.706. The zero-order chi connectivity index (χ0) is 11.4. The first-order valence-corrected chi connectivity index (χ1v) is 5.23. The molecule has 1 aromatic rings. The van der Waals surface area contributed by atoms with E-state index >= 15 is 0 Å². The molecule has 80 valence electrons. The fourth-order valence-electron chi connectivity index (χ4n) is 0.982. The molecule has 1 rings (SSSR count). The van der Waals surface area contributed by atoms with E-state index in [2.05, 4.69) is 26.5 Å². The molecule has 0 fully saturated rings. The zero-order valence-electron chi connectivity index (χ0n) is 7.92. The number of primary amides is 1. The third-order valence-electron chi connectivity index (χ3n) is 1.65. The van der Waals surface area contributed by atoms with Crippen LogP contribution in [0.1, 0.15) is 12.5 Å². The smallest absolute Gasteiger partial charge is 0.332 e. The number of urea groups is 1. The standard InChI is InChI=1S/C9H9BrClN3O/c1-5(13-14-9(12)15)7-3-2-6(10)4-8(7)11/h2-4H,1H3,(H3,12,14,15)/b13-5-. The van der Waals surface area contributed by atoms with Crippen LogP contribution in [0.3, 0.4) is 0 Å². The Labute approximate surface area is 101 Å². The molecule has 0 aliphatic rings. The van der Waals surface area contributed by atoms with E-state index in [0.717, 1.165) is 10.0 Å². The summed E-state index contributed by atoms with van der Waals surface area (Å²) < 4.78 is 0.881. The summed E-state index contributed by atoms with van der Waals surface area (Å²) in [5.74, 6) is 0. The van der Waals surface area contributed by atoms with Gasteiger partial charge in [-0.15, -0.1) is 0 Å². The molecule has 1 aromatic carbocycles. The molecule has 15 heavy (non-hydrogen) atoms. The summed E-state index contributed by atoms with van der Waals surface area (Å²) in [6.07, 6.45) is 0. The van der Waals surface area contributed by atoms with Crippen molar-refractivity contribution in [1.29, 1.82) is 0 Å². The van der Waals surface area contributed by atoms with E-state index < -0.39 is 6.03 Å². The molecule has 3 N–H and O–H groups in total. The Bertz CT molecular complexity index is 420. The number of benzene rings is 1. The molecular weight excluding hydrogens is 281 g/mol. The molecule has 0 bridgehead atoms. The molecule has 0 saturated heterocycles. The van der Waals surface area contributed by atoms with Crippen molar-refractivity contribution in [2.24, 2.45) is 10.8 Å². The third-order valence-corrected chi connectivity index (χ3v) is 2.46. The Kier molecular flexibility index (Phi) is 4.11. The first-order chi connectivity index (χ1) is 7.00. The molecule has 0 radical (unpaired) electrons. The van der Waals surface area contributed by atoms with E-state index in [1.807, 2.05) is 6.07 Å². The van der Waals surface area contributed by atoms with E-state index in [0.29, 0.717) is 10.7 Å². The monoisotopic (exact) mass is 289 g/mol. The topological polar surface area (TPSA) is 67.5 Å². The quantitative estimate of drug-likeness (QED) is 0.638. The summed E-state index contributed by atoms with van der Waals surface area (Å²) >= 11 is 9.28. The van der Waals surface area contributed by atoms with Crippen LogP contribution in [-0.2, 0) is 0 Å². The van der Waals surface area contributed by atoms with E-state index in [1.165, 1.54) is 0 Å². The second kappa shape index (κ2) is 5.14. The highest BCUT2D eigenvalue weighted by Gasteiger charge is 2.04. The maximum absolute atomic E-state index is 10.4. The molecule has 6 heteroatoms. The molecule has 0 spiro atoms. The van der Waals surface area contributed by atoms with Gasteiger partial charge >= 0.3 is 6.03 Å². The SMILES string of the molecule is C/C(=N/NC(N)=O)c1ccc(Br)cc1Cl. The Morgan fingerprint density at radius 2 is 2.27 bits per heavy atom. The molecule has 0 aliphatic carbocycles. The number of amides is 2. The number of hydrazone groups is 1. The second-order valence-corrected chi connectivity index (χ2v) is 4.12. The van der Waals surface area contributed by atoms with E-state index in [9.17, 15) is 4.79 Å². The van der Waals surface area contributed by atoms with Crippen LogP contribution < -0.4 is 11.2 Å². The van der Waals surface area contributed by atoms with E-state index in [4.69, 9.17) is 17.3 Å². The van der Waals surface area contributed by atoms with Gasteiger partial charge in [0.1, 0.15) is 0 Å². The van der Waals surface area contributed by atoms with Crippen LogP contribution in [0.2, 0.25) is 5.02 Å². The Morgan fingerprint density at radius 1 is 1.60 bits per heavy atom. The van der Waals surface area contributed by atoms with Crippen molar-refractivity contribution in [3.05, 3.63) is 33.3 Å². The third kappa shape index (κ3) is 3.53. The van der Waals surface area contributed by atoms with Crippen molar-refractivity contribution in [3.8, 4) is 0 Å². The van der Waals surface area contributed by atoms with Gasteiger partial charge in [0, 0.05) is 10.0 Å². The van der Waals surface area contributed by atoms with Crippen molar-refractivity contribution in [3.63, 3.8) is 0 Å². The van der Waals surface area contributed by atoms with Gasteiger partial charge in [-0.2, -0.15) is 5.10 Å². The van der Waals surface area contributed by atoms with Crippen LogP contribution >= 0.6 is 27.5 Å². The lowest BCUT2D eigenvalue weighted by atomic mass is 10.1. The highest BCUT2D eigenvalue weighted by molar-refractivity contribution is 9.10. The highest BCUT2D eigenvalue weighted by Crippen LogP contribution is 2.21. The minimum Gasteiger partial charge on any atom is -0.350 e. The molecule has 4 nitrogen and oxygen atoms in total. The predicted molar refractivity (Wildman–Crippen MR) is 64.1 cm³/mol. The fourth-order valence-corrected chi connectivity index (χ4v) is 1.79. The molecule has 0 aliphatic heterocycles. The zero-order valence-corrected chi connectivity index (χ0v) is 10.3. The molecular formula is C9H9BrClN3O. The summed E-state index contributed by atoms with van der Waals surface area (Å²) in [7, 11) is 0. The second-order valence-electron chi connectivity index (χ2n) is 2.80. The number of carbonyl (C=O) groups is 1. The summed E-state index contributed by atoms with van der Waals surface area (Å²) in [5.41, 5.74) is 8.36. The summed E-state index contributed by atoms with van der Waals surface area (Å²) in [6.45, 7) is 1.73. The van der Waals surface area contributed by atoms with Crippen LogP contribution in [0.15, 0.2) is 27.8 Å². The average molecular weight is 291 g/mol. The average Bonchev–Trinajstić information content (AvgIpc) is 2.14. The predicted octanol–water partition coefficient (Wildman–Crippen LogP) is 2.49. The van der Waals surface area contributed by atoms with Gasteiger partial charge < -0.3 is 5.73 Å². The van der Waals surface area contributed by atoms with Gasteiger partial charge in [0.25, 0.3) is 0 Å². The van der Waals surface area contributed by atoms with Gasteiger partial charge in [-0.05, 0) is 19.1 Å². The van der Waals surface area contributed by atoms with Crippen LogP contribution in [0.4, 0.5) is 4.79 Å². The van der Waals surface area contributed by atoms with Gasteiger partial charge in [0.2, 0.25) is 0 Å². The van der Waals surface area contributed by atoms with E-state index in [1.54, 1.807) is 19.1 Å². The van der Waals surface area contributed by atoms with Gasteiger partial charge in [0.05, 0.1) is 10.7 Å². The van der Waals surface area contributed by atoms with Crippen LogP contribution in [-0.4, -0.2) is 11.7 Å². The number of rotatable bonds is 2. The van der Waals surface area contributed by atoms with Gasteiger partial charge in [-0.3, -0.25) is 0 Å². The van der Waals surface area contributed by atoms with Crippen molar-refractivity contribution in [2.75, 3.05) is 0 Å². The summed E-state index contributed by atoms with van der Waals surface area (Å²) in [5, 5.41) is 4.33. The Morgan fingerprint density at radius 3 is 2.80 bits per heavy atom. The molecule has 0 aromatic heterocycles. The van der Waals surface area contributed by atoms with Crippen molar-refractivity contribution in [2.45, 2.75) is 6.92 Å². The molecule has 0 atom stereocenters. The molecule has 0 saturated carbocycles.